The molecule has 154 valence electrons. The Morgan fingerprint density at radius 2 is 2.07 bits per heavy atom. The number of imidazole rings is 1. The normalized spacial score (nSPS) is 20.1. The van der Waals surface area contributed by atoms with Crippen molar-refractivity contribution in [3.63, 3.8) is 0 Å². The molecular formula is C19H23F2N7O. The molecule has 0 radical (unpaired) electrons. The Balaban J connectivity index is 1.43. The molecule has 8 nitrogen and oxygen atoms in total. The summed E-state index contributed by atoms with van der Waals surface area (Å²) in [6.45, 7) is 0.588. The topological polar surface area (TPSA) is 101 Å². The molecule has 1 aliphatic carbocycles. The van der Waals surface area contributed by atoms with E-state index in [2.05, 4.69) is 30.8 Å². The summed E-state index contributed by atoms with van der Waals surface area (Å²) in [4.78, 5) is 21.4. The van der Waals surface area contributed by atoms with Gasteiger partial charge in [-0.2, -0.15) is 5.10 Å². The van der Waals surface area contributed by atoms with Crippen LogP contribution >= 0.6 is 0 Å². The van der Waals surface area contributed by atoms with E-state index in [1.807, 2.05) is 6.07 Å². The third-order valence-corrected chi connectivity index (χ3v) is 5.16. The van der Waals surface area contributed by atoms with Gasteiger partial charge in [-0.3, -0.25) is 14.5 Å². The van der Waals surface area contributed by atoms with Gasteiger partial charge in [-0.05, 0) is 31.7 Å². The molecule has 0 bridgehead atoms. The van der Waals surface area contributed by atoms with Crippen LogP contribution in [0.25, 0.3) is 16.7 Å². The summed E-state index contributed by atoms with van der Waals surface area (Å²) in [6, 6.07) is 1.87. The van der Waals surface area contributed by atoms with Crippen LogP contribution in [-0.4, -0.2) is 55.2 Å². The van der Waals surface area contributed by atoms with Crippen molar-refractivity contribution in [2.75, 3.05) is 6.54 Å². The molecule has 0 unspecified atom stereocenters. The summed E-state index contributed by atoms with van der Waals surface area (Å²) in [7, 11) is 0. The molecule has 4 rings (SSSR count). The SMILES string of the molecule is CC(F)(F)CNC1CCC(NC(=O)c2nc(-n3ccnc3)cc3cn[nH]c23)CC1. The lowest BCUT2D eigenvalue weighted by Gasteiger charge is -2.30. The summed E-state index contributed by atoms with van der Waals surface area (Å²) in [5.41, 5.74) is 0.849. The zero-order valence-electron chi connectivity index (χ0n) is 16.0. The van der Waals surface area contributed by atoms with Gasteiger partial charge >= 0.3 is 0 Å². The lowest BCUT2D eigenvalue weighted by atomic mass is 9.91. The number of carbonyl (C=O) groups excluding carboxylic acids is 1. The minimum absolute atomic E-state index is 0.0145. The highest BCUT2D eigenvalue weighted by Gasteiger charge is 2.27. The maximum Gasteiger partial charge on any atom is 0.272 e. The number of aromatic amines is 1. The summed E-state index contributed by atoms with van der Waals surface area (Å²) in [5, 5.41) is 13.6. The molecule has 3 heterocycles. The Morgan fingerprint density at radius 3 is 2.76 bits per heavy atom. The molecule has 3 aromatic rings. The van der Waals surface area contributed by atoms with E-state index in [0.29, 0.717) is 11.3 Å². The minimum atomic E-state index is -2.72. The molecule has 1 fully saturated rings. The van der Waals surface area contributed by atoms with Crippen molar-refractivity contribution in [3.05, 3.63) is 36.7 Å². The van der Waals surface area contributed by atoms with Crippen LogP contribution in [0.2, 0.25) is 0 Å². The summed E-state index contributed by atoms with van der Waals surface area (Å²) in [6.07, 6.45) is 9.59. The van der Waals surface area contributed by atoms with E-state index in [9.17, 15) is 13.6 Å². The maximum absolute atomic E-state index is 13.0. The first-order chi connectivity index (χ1) is 13.9. The van der Waals surface area contributed by atoms with Crippen molar-refractivity contribution in [3.8, 4) is 5.82 Å². The van der Waals surface area contributed by atoms with Crippen LogP contribution in [0.5, 0.6) is 0 Å². The third kappa shape index (κ3) is 4.58. The largest absolute Gasteiger partial charge is 0.348 e. The van der Waals surface area contributed by atoms with E-state index in [4.69, 9.17) is 0 Å². The first kappa shape index (κ1) is 19.4. The fraction of sp³-hybridized carbons (Fsp3) is 0.474. The number of alkyl halides is 2. The highest BCUT2D eigenvalue weighted by molar-refractivity contribution is 6.04. The molecule has 3 aromatic heterocycles. The van der Waals surface area contributed by atoms with Gasteiger partial charge in [-0.25, -0.2) is 18.7 Å². The molecule has 0 aliphatic heterocycles. The smallest absolute Gasteiger partial charge is 0.272 e. The second-order valence-corrected chi connectivity index (χ2v) is 7.61. The molecule has 0 atom stereocenters. The highest BCUT2D eigenvalue weighted by Crippen LogP contribution is 2.22. The lowest BCUT2D eigenvalue weighted by molar-refractivity contribution is 0.0184. The van der Waals surface area contributed by atoms with Gasteiger partial charge in [0, 0.05) is 36.8 Å². The van der Waals surface area contributed by atoms with Crippen molar-refractivity contribution in [1.82, 2.24) is 35.4 Å². The van der Waals surface area contributed by atoms with Crippen LogP contribution < -0.4 is 10.6 Å². The summed E-state index contributed by atoms with van der Waals surface area (Å²) < 4.78 is 27.7. The zero-order chi connectivity index (χ0) is 20.4. The van der Waals surface area contributed by atoms with Gasteiger partial charge in [-0.1, -0.05) is 0 Å². The molecule has 1 aliphatic rings. The second kappa shape index (κ2) is 7.86. The number of fused-ring (bicyclic) bond motifs is 1. The minimum Gasteiger partial charge on any atom is -0.348 e. The number of hydrogen-bond donors (Lipinski definition) is 3. The van der Waals surface area contributed by atoms with E-state index in [1.165, 1.54) is 0 Å². The summed E-state index contributed by atoms with van der Waals surface area (Å²) in [5.74, 6) is -2.42. The number of hydrogen-bond acceptors (Lipinski definition) is 5. The predicted molar refractivity (Wildman–Crippen MR) is 103 cm³/mol. The van der Waals surface area contributed by atoms with Crippen molar-refractivity contribution in [1.29, 1.82) is 0 Å². The van der Waals surface area contributed by atoms with Crippen LogP contribution in [0, 0.1) is 0 Å². The average molecular weight is 403 g/mol. The van der Waals surface area contributed by atoms with E-state index in [-0.39, 0.29) is 30.2 Å². The number of halogens is 2. The van der Waals surface area contributed by atoms with E-state index in [1.54, 1.807) is 29.5 Å². The first-order valence-corrected chi connectivity index (χ1v) is 9.63. The average Bonchev–Trinajstić information content (AvgIpc) is 3.37. The fourth-order valence-electron chi connectivity index (χ4n) is 3.65. The highest BCUT2D eigenvalue weighted by atomic mass is 19.3. The number of rotatable bonds is 6. The molecule has 0 saturated heterocycles. The van der Waals surface area contributed by atoms with Gasteiger partial charge in [0.1, 0.15) is 12.1 Å². The Bertz CT molecular complexity index is 972. The molecule has 0 spiro atoms. The molecule has 1 amide bonds. The van der Waals surface area contributed by atoms with Gasteiger partial charge in [0.15, 0.2) is 5.69 Å². The molecule has 3 N–H and O–H groups in total. The summed E-state index contributed by atoms with van der Waals surface area (Å²) >= 11 is 0. The van der Waals surface area contributed by atoms with Gasteiger partial charge in [0.2, 0.25) is 0 Å². The van der Waals surface area contributed by atoms with Crippen molar-refractivity contribution < 1.29 is 13.6 Å². The van der Waals surface area contributed by atoms with Crippen molar-refractivity contribution in [2.24, 2.45) is 0 Å². The van der Waals surface area contributed by atoms with Crippen LogP contribution in [0.3, 0.4) is 0 Å². The number of aromatic nitrogens is 5. The second-order valence-electron chi connectivity index (χ2n) is 7.61. The van der Waals surface area contributed by atoms with Gasteiger partial charge in [-0.15, -0.1) is 0 Å². The number of carbonyl (C=O) groups is 1. The van der Waals surface area contributed by atoms with Gasteiger partial charge in [0.05, 0.1) is 18.3 Å². The monoisotopic (exact) mass is 403 g/mol. The van der Waals surface area contributed by atoms with E-state index >= 15 is 0 Å². The number of nitrogens with zero attached hydrogens (tertiary/aromatic N) is 4. The standard InChI is InChI=1S/C19H23F2N7O/c1-19(20,21)10-23-13-2-4-14(5-3-13)25-18(29)17-16-12(9-24-27-16)8-15(26-17)28-7-6-22-11-28/h6-9,11,13-14,23H,2-5,10H2,1H3,(H,24,27)(H,25,29). The van der Waals surface area contributed by atoms with E-state index < -0.39 is 5.92 Å². The number of pyridine rings is 1. The van der Waals surface area contributed by atoms with Crippen molar-refractivity contribution in [2.45, 2.75) is 50.6 Å². The first-order valence-electron chi connectivity index (χ1n) is 9.63. The van der Waals surface area contributed by atoms with Gasteiger partial charge < -0.3 is 10.6 Å². The van der Waals surface area contributed by atoms with Crippen LogP contribution in [0.4, 0.5) is 8.78 Å². The Kier molecular flexibility index (Phi) is 5.27. The predicted octanol–water partition coefficient (Wildman–Crippen LogP) is 2.43. The molecule has 29 heavy (non-hydrogen) atoms. The molecule has 0 aromatic carbocycles. The fourth-order valence-corrected chi connectivity index (χ4v) is 3.65. The Hall–Kier alpha value is -2.88. The van der Waals surface area contributed by atoms with Crippen LogP contribution in [0.15, 0.2) is 31.0 Å². The molecular weight excluding hydrogens is 380 g/mol. The number of amides is 1. The molecule has 1 saturated carbocycles. The van der Waals surface area contributed by atoms with Gasteiger partial charge in [0.25, 0.3) is 11.8 Å². The zero-order valence-corrected chi connectivity index (χ0v) is 16.0. The number of H-pyrrole nitrogens is 1. The van der Waals surface area contributed by atoms with Crippen molar-refractivity contribution >= 4 is 16.8 Å². The lowest BCUT2D eigenvalue weighted by Crippen LogP contribution is -2.44. The quantitative estimate of drug-likeness (QED) is 0.587. The molecule has 10 heteroatoms. The maximum atomic E-state index is 13.0. The van der Waals surface area contributed by atoms with Crippen LogP contribution in [0.1, 0.15) is 43.1 Å². The van der Waals surface area contributed by atoms with E-state index in [0.717, 1.165) is 38.0 Å². The number of nitrogens with one attached hydrogen (secondary N) is 3. The Labute approximate surface area is 166 Å². The van der Waals surface area contributed by atoms with Crippen LogP contribution in [-0.2, 0) is 0 Å². The Morgan fingerprint density at radius 1 is 1.31 bits per heavy atom. The third-order valence-electron chi connectivity index (χ3n) is 5.16.